The molecule has 18 heavy (non-hydrogen) atoms. The van der Waals surface area contributed by atoms with Gasteiger partial charge < -0.3 is 15.2 Å². The van der Waals surface area contributed by atoms with Crippen LogP contribution in [-0.4, -0.2) is 67.0 Å². The Hall–Kier alpha value is -0.850. The molecule has 0 atom stereocenters. The topological polar surface area (TPSA) is 51.4 Å². The summed E-state index contributed by atoms with van der Waals surface area (Å²) < 4.78 is 0.895. The van der Waals surface area contributed by atoms with Crippen LogP contribution >= 0.6 is 15.9 Å². The van der Waals surface area contributed by atoms with Crippen LogP contribution in [0.2, 0.25) is 0 Å². The Kier molecular flexibility index (Phi) is 4.79. The SMILES string of the molecule is CN1CCN(CCNC(=O)c2cc(Br)c[nH]2)CC1. The second-order valence-corrected chi connectivity index (χ2v) is 5.55. The molecule has 0 unspecified atom stereocenters. The number of amides is 1. The molecule has 0 aromatic carbocycles. The molecule has 0 saturated carbocycles. The van der Waals surface area contributed by atoms with Crippen molar-refractivity contribution in [3.8, 4) is 0 Å². The minimum Gasteiger partial charge on any atom is -0.356 e. The Morgan fingerprint density at radius 1 is 1.44 bits per heavy atom. The maximum atomic E-state index is 11.8. The van der Waals surface area contributed by atoms with E-state index in [1.54, 1.807) is 12.3 Å². The summed E-state index contributed by atoms with van der Waals surface area (Å²) in [5.41, 5.74) is 0.597. The van der Waals surface area contributed by atoms with E-state index in [1.807, 2.05) is 0 Å². The second kappa shape index (κ2) is 6.36. The Labute approximate surface area is 116 Å². The number of hydrogen-bond acceptors (Lipinski definition) is 3. The predicted molar refractivity (Wildman–Crippen MR) is 74.8 cm³/mol. The van der Waals surface area contributed by atoms with Crippen LogP contribution in [0.4, 0.5) is 0 Å². The summed E-state index contributed by atoms with van der Waals surface area (Å²) in [4.78, 5) is 19.4. The number of aromatic amines is 1. The van der Waals surface area contributed by atoms with Crippen molar-refractivity contribution in [1.29, 1.82) is 0 Å². The fourth-order valence-corrected chi connectivity index (χ4v) is 2.34. The Morgan fingerprint density at radius 3 is 2.78 bits per heavy atom. The molecule has 0 aliphatic carbocycles. The molecule has 0 spiro atoms. The number of nitrogens with one attached hydrogen (secondary N) is 2. The summed E-state index contributed by atoms with van der Waals surface area (Å²) in [5.74, 6) is -0.0465. The molecule has 1 aliphatic heterocycles. The number of aromatic nitrogens is 1. The summed E-state index contributed by atoms with van der Waals surface area (Å²) in [6, 6.07) is 1.78. The molecule has 1 saturated heterocycles. The first-order valence-electron chi connectivity index (χ1n) is 6.18. The van der Waals surface area contributed by atoms with Gasteiger partial charge in [-0.15, -0.1) is 0 Å². The van der Waals surface area contributed by atoms with Gasteiger partial charge in [0, 0.05) is 49.9 Å². The summed E-state index contributed by atoms with van der Waals surface area (Å²) in [5, 5.41) is 2.92. The van der Waals surface area contributed by atoms with Crippen LogP contribution < -0.4 is 5.32 Å². The molecule has 2 rings (SSSR count). The van der Waals surface area contributed by atoms with E-state index in [4.69, 9.17) is 0 Å². The maximum absolute atomic E-state index is 11.8. The molecule has 6 heteroatoms. The monoisotopic (exact) mass is 314 g/mol. The van der Waals surface area contributed by atoms with Gasteiger partial charge in [-0.2, -0.15) is 0 Å². The van der Waals surface area contributed by atoms with E-state index in [-0.39, 0.29) is 5.91 Å². The van der Waals surface area contributed by atoms with E-state index in [0.29, 0.717) is 12.2 Å². The largest absolute Gasteiger partial charge is 0.356 e. The van der Waals surface area contributed by atoms with Crippen molar-refractivity contribution in [2.24, 2.45) is 0 Å². The molecular weight excluding hydrogens is 296 g/mol. The Morgan fingerprint density at radius 2 is 2.17 bits per heavy atom. The number of hydrogen-bond donors (Lipinski definition) is 2. The summed E-state index contributed by atoms with van der Waals surface area (Å²) in [6.45, 7) is 6.00. The van der Waals surface area contributed by atoms with Crippen LogP contribution in [-0.2, 0) is 0 Å². The molecule has 2 N–H and O–H groups in total. The average Bonchev–Trinajstić information content (AvgIpc) is 2.78. The Balaban J connectivity index is 1.67. The quantitative estimate of drug-likeness (QED) is 0.862. The molecular formula is C12H19BrN4O. The third-order valence-electron chi connectivity index (χ3n) is 3.20. The fraction of sp³-hybridized carbons (Fsp3) is 0.583. The van der Waals surface area contributed by atoms with Crippen molar-refractivity contribution in [3.05, 3.63) is 22.4 Å². The van der Waals surface area contributed by atoms with E-state index in [9.17, 15) is 4.79 Å². The minimum absolute atomic E-state index is 0.0465. The number of carbonyl (C=O) groups is 1. The van der Waals surface area contributed by atoms with Gasteiger partial charge in [-0.05, 0) is 29.0 Å². The zero-order valence-electron chi connectivity index (χ0n) is 10.6. The van der Waals surface area contributed by atoms with Gasteiger partial charge in [0.2, 0.25) is 0 Å². The van der Waals surface area contributed by atoms with Crippen LogP contribution in [0.5, 0.6) is 0 Å². The van der Waals surface area contributed by atoms with E-state index < -0.39 is 0 Å². The van der Waals surface area contributed by atoms with Gasteiger partial charge in [-0.3, -0.25) is 9.69 Å². The van der Waals surface area contributed by atoms with Gasteiger partial charge in [0.05, 0.1) is 0 Å². The number of halogens is 1. The van der Waals surface area contributed by atoms with Crippen molar-refractivity contribution < 1.29 is 4.79 Å². The zero-order valence-corrected chi connectivity index (χ0v) is 12.2. The third kappa shape index (κ3) is 3.83. The molecule has 1 aliphatic rings. The van der Waals surface area contributed by atoms with E-state index >= 15 is 0 Å². The van der Waals surface area contributed by atoms with Gasteiger partial charge in [-0.25, -0.2) is 0 Å². The molecule has 1 aromatic heterocycles. The van der Waals surface area contributed by atoms with E-state index in [1.165, 1.54) is 0 Å². The van der Waals surface area contributed by atoms with Gasteiger partial charge in [-0.1, -0.05) is 0 Å². The number of carbonyl (C=O) groups excluding carboxylic acids is 1. The minimum atomic E-state index is -0.0465. The molecule has 1 amide bonds. The number of nitrogens with zero attached hydrogens (tertiary/aromatic N) is 2. The zero-order chi connectivity index (χ0) is 13.0. The summed E-state index contributed by atoms with van der Waals surface area (Å²) in [6.07, 6.45) is 1.76. The molecule has 2 heterocycles. The lowest BCUT2D eigenvalue weighted by Gasteiger charge is -2.32. The predicted octanol–water partition coefficient (Wildman–Crippen LogP) is 0.754. The Bertz CT molecular complexity index is 399. The van der Waals surface area contributed by atoms with E-state index in [0.717, 1.165) is 37.2 Å². The molecule has 0 bridgehead atoms. The van der Waals surface area contributed by atoms with Gasteiger partial charge in [0.1, 0.15) is 5.69 Å². The number of piperazine rings is 1. The van der Waals surface area contributed by atoms with Gasteiger partial charge >= 0.3 is 0 Å². The standard InChI is InChI=1S/C12H19BrN4O/c1-16-4-6-17(7-5-16)3-2-14-12(18)11-8-10(13)9-15-11/h8-9,15H,2-7H2,1H3,(H,14,18). The molecule has 1 aromatic rings. The highest BCUT2D eigenvalue weighted by Gasteiger charge is 2.13. The summed E-state index contributed by atoms with van der Waals surface area (Å²) in [7, 11) is 2.14. The fourth-order valence-electron chi connectivity index (χ4n) is 1.99. The first kappa shape index (κ1) is 13.6. The lowest BCUT2D eigenvalue weighted by molar-refractivity contribution is 0.0936. The highest BCUT2D eigenvalue weighted by atomic mass is 79.9. The molecule has 0 radical (unpaired) electrons. The van der Waals surface area contributed by atoms with Crippen LogP contribution in [0.1, 0.15) is 10.5 Å². The molecule has 100 valence electrons. The normalized spacial score (nSPS) is 17.9. The van der Waals surface area contributed by atoms with Crippen LogP contribution in [0.3, 0.4) is 0 Å². The van der Waals surface area contributed by atoms with Crippen molar-refractivity contribution in [1.82, 2.24) is 20.1 Å². The lowest BCUT2D eigenvalue weighted by atomic mass is 10.3. The average molecular weight is 315 g/mol. The van der Waals surface area contributed by atoms with Crippen molar-refractivity contribution >= 4 is 21.8 Å². The first-order valence-corrected chi connectivity index (χ1v) is 6.97. The van der Waals surface area contributed by atoms with Gasteiger partial charge in [0.15, 0.2) is 0 Å². The highest BCUT2D eigenvalue weighted by molar-refractivity contribution is 9.10. The number of rotatable bonds is 4. The van der Waals surface area contributed by atoms with Crippen molar-refractivity contribution in [2.45, 2.75) is 0 Å². The molecule has 1 fully saturated rings. The van der Waals surface area contributed by atoms with Crippen LogP contribution in [0, 0.1) is 0 Å². The smallest absolute Gasteiger partial charge is 0.267 e. The number of H-pyrrole nitrogens is 1. The van der Waals surface area contributed by atoms with Crippen LogP contribution in [0.15, 0.2) is 16.7 Å². The third-order valence-corrected chi connectivity index (χ3v) is 3.66. The highest BCUT2D eigenvalue weighted by Crippen LogP contribution is 2.10. The van der Waals surface area contributed by atoms with E-state index in [2.05, 4.69) is 43.1 Å². The lowest BCUT2D eigenvalue weighted by Crippen LogP contribution is -2.46. The van der Waals surface area contributed by atoms with Crippen LogP contribution in [0.25, 0.3) is 0 Å². The van der Waals surface area contributed by atoms with Gasteiger partial charge in [0.25, 0.3) is 5.91 Å². The summed E-state index contributed by atoms with van der Waals surface area (Å²) >= 11 is 3.31. The second-order valence-electron chi connectivity index (χ2n) is 4.63. The van der Waals surface area contributed by atoms with Crippen molar-refractivity contribution in [3.63, 3.8) is 0 Å². The first-order chi connectivity index (χ1) is 8.65. The maximum Gasteiger partial charge on any atom is 0.267 e. The molecule has 5 nitrogen and oxygen atoms in total. The van der Waals surface area contributed by atoms with Crippen molar-refractivity contribution in [2.75, 3.05) is 46.3 Å². The number of likely N-dealkylation sites (N-methyl/N-ethyl adjacent to an activating group) is 1.